The number of nitrogens with two attached hydrogens (primary N) is 1. The molecule has 2 saturated heterocycles. The molecule has 3 N–H and O–H groups in total. The summed E-state index contributed by atoms with van der Waals surface area (Å²) >= 11 is 0. The predicted molar refractivity (Wildman–Crippen MR) is 124 cm³/mol. The lowest BCUT2D eigenvalue weighted by molar-refractivity contribution is -0.200. The molecule has 0 bridgehead atoms. The molecule has 2 aliphatic heterocycles. The minimum atomic E-state index is -0.833. The summed E-state index contributed by atoms with van der Waals surface area (Å²) < 4.78 is 17.1. The predicted octanol–water partition coefficient (Wildman–Crippen LogP) is 2.57. The van der Waals surface area contributed by atoms with E-state index in [1.54, 1.807) is 0 Å². The maximum atomic E-state index is 12.9. The number of rotatable bonds is 9. The van der Waals surface area contributed by atoms with Crippen LogP contribution in [0.1, 0.15) is 66.7 Å². The van der Waals surface area contributed by atoms with Crippen LogP contribution in [0.4, 0.5) is 0 Å². The molecule has 0 radical (unpaired) electrons. The van der Waals surface area contributed by atoms with Crippen LogP contribution < -0.4 is 11.1 Å². The number of nitrogens with one attached hydrogen (secondary N) is 1. The molecule has 8 nitrogen and oxygen atoms in total. The van der Waals surface area contributed by atoms with Crippen LogP contribution in [0.5, 0.6) is 0 Å². The van der Waals surface area contributed by atoms with E-state index in [-0.39, 0.29) is 18.3 Å². The van der Waals surface area contributed by atoms with Crippen LogP contribution in [0, 0.1) is 11.3 Å². The van der Waals surface area contributed by atoms with Gasteiger partial charge in [0.1, 0.15) is 0 Å². The van der Waals surface area contributed by atoms with E-state index in [1.807, 2.05) is 46.6 Å². The summed E-state index contributed by atoms with van der Waals surface area (Å²) in [5.74, 6) is -0.379. The van der Waals surface area contributed by atoms with E-state index in [2.05, 4.69) is 5.32 Å². The van der Waals surface area contributed by atoms with E-state index in [1.165, 1.54) is 6.08 Å². The number of carbonyl (C=O) groups is 2. The van der Waals surface area contributed by atoms with Crippen LogP contribution in [0.3, 0.4) is 0 Å². The highest BCUT2D eigenvalue weighted by atomic mass is 16.7. The summed E-state index contributed by atoms with van der Waals surface area (Å²) in [6.45, 7) is 12.4. The van der Waals surface area contributed by atoms with Crippen LogP contribution in [0.15, 0.2) is 11.8 Å². The Labute approximate surface area is 193 Å². The van der Waals surface area contributed by atoms with Crippen molar-refractivity contribution in [3.8, 4) is 0 Å². The molecule has 2 fully saturated rings. The van der Waals surface area contributed by atoms with Crippen molar-refractivity contribution in [2.24, 2.45) is 17.1 Å². The second-order valence-electron chi connectivity index (χ2n) is 10.2. The number of hydrogen-bond acceptors (Lipinski definition) is 7. The van der Waals surface area contributed by atoms with E-state index in [0.29, 0.717) is 18.2 Å². The van der Waals surface area contributed by atoms with Crippen LogP contribution in [0.2, 0.25) is 0 Å². The first kappa shape index (κ1) is 26.8. The summed E-state index contributed by atoms with van der Waals surface area (Å²) in [4.78, 5) is 27.5. The van der Waals surface area contributed by atoms with Gasteiger partial charge in [0.25, 0.3) is 5.91 Å². The van der Waals surface area contributed by atoms with E-state index in [9.17, 15) is 9.59 Å². The Morgan fingerprint density at radius 2 is 1.81 bits per heavy atom. The molecular formula is C24H43N3O5. The molecule has 0 aromatic carbocycles. The monoisotopic (exact) mass is 453 g/mol. The Balaban J connectivity index is 1.92. The van der Waals surface area contributed by atoms with Crippen molar-refractivity contribution in [1.82, 2.24) is 10.2 Å². The molecule has 2 heterocycles. The number of hydrogen-bond donors (Lipinski definition) is 2. The number of ether oxygens (including phenoxy) is 3. The fourth-order valence-corrected chi connectivity index (χ4v) is 3.80. The van der Waals surface area contributed by atoms with Gasteiger partial charge < -0.3 is 19.9 Å². The van der Waals surface area contributed by atoms with Crippen molar-refractivity contribution < 1.29 is 23.8 Å². The van der Waals surface area contributed by atoms with Crippen molar-refractivity contribution in [1.29, 1.82) is 0 Å². The van der Waals surface area contributed by atoms with Gasteiger partial charge in [0.2, 0.25) is 5.91 Å². The number of nitrogens with zero attached hydrogens (tertiary/aromatic N) is 1. The van der Waals surface area contributed by atoms with Crippen LogP contribution in [0.25, 0.3) is 0 Å². The largest absolute Gasteiger partial charge is 0.401 e. The highest BCUT2D eigenvalue weighted by Crippen LogP contribution is 2.31. The second-order valence-corrected chi connectivity index (χ2v) is 10.2. The molecule has 2 aliphatic rings. The van der Waals surface area contributed by atoms with Crippen molar-refractivity contribution >= 4 is 11.8 Å². The zero-order valence-electron chi connectivity index (χ0n) is 20.7. The van der Waals surface area contributed by atoms with E-state index in [0.717, 1.165) is 51.9 Å². The van der Waals surface area contributed by atoms with Gasteiger partial charge in [0.15, 0.2) is 6.29 Å². The zero-order chi connectivity index (χ0) is 23.9. The normalized spacial score (nSPS) is 22.6. The summed E-state index contributed by atoms with van der Waals surface area (Å²) in [7, 11) is 1.92. The quantitative estimate of drug-likeness (QED) is 0.517. The molecule has 2 amide bonds. The number of imide groups is 1. The fourth-order valence-electron chi connectivity index (χ4n) is 3.80. The Kier molecular flexibility index (Phi) is 9.69. The number of amides is 2. The lowest BCUT2D eigenvalue weighted by Gasteiger charge is -2.37. The van der Waals surface area contributed by atoms with Gasteiger partial charge in [-0.2, -0.15) is 0 Å². The van der Waals surface area contributed by atoms with Gasteiger partial charge in [-0.3, -0.25) is 19.8 Å². The summed E-state index contributed by atoms with van der Waals surface area (Å²) in [6, 6.07) is 0. The fraction of sp³-hybridized carbons (Fsp3) is 0.833. The van der Waals surface area contributed by atoms with Gasteiger partial charge in [-0.05, 0) is 65.8 Å². The standard InChI is InChI=1S/C24H43N3O5/c1-17(32-21-9-7-8-12-31-21)23(2,3)19(25)15-20(28)26-22(29)24(4,5)27(6)16-18-10-13-30-14-11-18/h15,17-18,21H,7-14,16,25H2,1-6H3,(H,26,28,29)/t17-,21?/m0/s1. The first-order valence-corrected chi connectivity index (χ1v) is 11.8. The molecule has 0 aliphatic carbocycles. The average molecular weight is 454 g/mol. The third kappa shape index (κ3) is 7.27. The highest BCUT2D eigenvalue weighted by molar-refractivity contribution is 6.04. The smallest absolute Gasteiger partial charge is 0.252 e. The molecule has 32 heavy (non-hydrogen) atoms. The van der Waals surface area contributed by atoms with Crippen LogP contribution >= 0.6 is 0 Å². The minimum Gasteiger partial charge on any atom is -0.401 e. The zero-order valence-corrected chi connectivity index (χ0v) is 20.7. The van der Waals surface area contributed by atoms with E-state index in [4.69, 9.17) is 19.9 Å². The van der Waals surface area contributed by atoms with Crippen molar-refractivity contribution in [2.45, 2.75) is 84.7 Å². The van der Waals surface area contributed by atoms with Gasteiger partial charge in [0, 0.05) is 43.6 Å². The van der Waals surface area contributed by atoms with Gasteiger partial charge in [-0.25, -0.2) is 0 Å². The molecule has 2 rings (SSSR count). The molecule has 0 aromatic rings. The topological polar surface area (TPSA) is 103 Å². The van der Waals surface area contributed by atoms with Crippen molar-refractivity contribution in [3.63, 3.8) is 0 Å². The van der Waals surface area contributed by atoms with Crippen LogP contribution in [-0.2, 0) is 23.8 Å². The maximum absolute atomic E-state index is 12.9. The SMILES string of the molecule is C[C@H](OC1CCCCO1)C(C)(C)C(N)=CC(=O)NC(=O)C(C)(C)N(C)CC1CCOCC1. The number of carbonyl (C=O) groups excluding carboxylic acids is 2. The first-order chi connectivity index (χ1) is 14.9. The first-order valence-electron chi connectivity index (χ1n) is 11.8. The second kappa shape index (κ2) is 11.6. The lowest BCUT2D eigenvalue weighted by atomic mass is 9.83. The molecule has 184 valence electrons. The van der Waals surface area contributed by atoms with Gasteiger partial charge in [-0.15, -0.1) is 0 Å². The summed E-state index contributed by atoms with van der Waals surface area (Å²) in [5.41, 5.74) is 5.20. The minimum absolute atomic E-state index is 0.242. The van der Waals surface area contributed by atoms with Gasteiger partial charge in [0.05, 0.1) is 11.6 Å². The molecule has 0 saturated carbocycles. The molecule has 0 aromatic heterocycles. The average Bonchev–Trinajstić information content (AvgIpc) is 2.74. The Morgan fingerprint density at radius 3 is 2.41 bits per heavy atom. The summed E-state index contributed by atoms with van der Waals surface area (Å²) in [6.07, 6.45) is 5.76. The van der Waals surface area contributed by atoms with E-state index < -0.39 is 16.9 Å². The Hall–Kier alpha value is -1.48. The highest BCUT2D eigenvalue weighted by Gasteiger charge is 2.36. The van der Waals surface area contributed by atoms with Gasteiger partial charge >= 0.3 is 0 Å². The Bertz CT molecular complexity index is 665. The molecule has 0 spiro atoms. The Morgan fingerprint density at radius 1 is 1.16 bits per heavy atom. The van der Waals surface area contributed by atoms with E-state index >= 15 is 0 Å². The third-order valence-corrected chi connectivity index (χ3v) is 7.16. The molecule has 1 unspecified atom stereocenters. The maximum Gasteiger partial charge on any atom is 0.252 e. The number of likely N-dealkylation sites (N-methyl/N-ethyl adjacent to an activating group) is 1. The van der Waals surface area contributed by atoms with Crippen molar-refractivity contribution in [2.75, 3.05) is 33.4 Å². The lowest BCUT2D eigenvalue weighted by Crippen LogP contribution is -2.55. The molecule has 8 heteroatoms. The van der Waals surface area contributed by atoms with Crippen LogP contribution in [-0.4, -0.2) is 68.1 Å². The molecule has 2 atom stereocenters. The van der Waals surface area contributed by atoms with Crippen molar-refractivity contribution in [3.05, 3.63) is 11.8 Å². The molecular weight excluding hydrogens is 410 g/mol. The third-order valence-electron chi connectivity index (χ3n) is 7.16. The van der Waals surface area contributed by atoms with Gasteiger partial charge in [-0.1, -0.05) is 13.8 Å². The summed E-state index contributed by atoms with van der Waals surface area (Å²) in [5, 5.41) is 2.50.